The fraction of sp³-hybridized carbons (Fsp3) is 0.875. The van der Waals surface area contributed by atoms with Gasteiger partial charge in [-0.3, -0.25) is 4.79 Å². The van der Waals surface area contributed by atoms with Crippen LogP contribution in [0.15, 0.2) is 0 Å². The summed E-state index contributed by atoms with van der Waals surface area (Å²) in [6.45, 7) is 6.18. The average Bonchev–Trinajstić information content (AvgIpc) is 1.87. The van der Waals surface area contributed by atoms with Crippen molar-refractivity contribution in [2.24, 2.45) is 0 Å². The molecular weight excluding hydrogens is 142 g/mol. The molecule has 0 atom stereocenters. The van der Waals surface area contributed by atoms with Gasteiger partial charge < -0.3 is 10.1 Å². The molecular formula is C8H17NO2. The highest BCUT2D eigenvalue weighted by molar-refractivity contribution is 5.75. The number of nitrogens with one attached hydrogen (secondary N) is 1. The third kappa shape index (κ3) is 7.33. The van der Waals surface area contributed by atoms with Crippen molar-refractivity contribution < 1.29 is 9.53 Å². The van der Waals surface area contributed by atoms with Gasteiger partial charge in [0.25, 0.3) is 0 Å². The highest BCUT2D eigenvalue weighted by atomic mass is 16.5. The quantitative estimate of drug-likeness (QED) is 0.614. The van der Waals surface area contributed by atoms with E-state index in [9.17, 15) is 4.79 Å². The van der Waals surface area contributed by atoms with Gasteiger partial charge in [0.15, 0.2) is 0 Å². The summed E-state index contributed by atoms with van der Waals surface area (Å²) < 4.78 is 5.13. The van der Waals surface area contributed by atoms with E-state index in [0.29, 0.717) is 13.2 Å². The van der Waals surface area contributed by atoms with E-state index in [4.69, 9.17) is 4.74 Å². The van der Waals surface area contributed by atoms with Gasteiger partial charge in [0.1, 0.15) is 6.73 Å². The molecule has 0 aromatic heterocycles. The van der Waals surface area contributed by atoms with Gasteiger partial charge in [-0.15, -0.1) is 0 Å². The van der Waals surface area contributed by atoms with Crippen LogP contribution >= 0.6 is 0 Å². The second-order valence-corrected chi connectivity index (χ2v) is 2.71. The molecule has 0 aromatic rings. The summed E-state index contributed by atoms with van der Waals surface area (Å²) in [4.78, 5) is 10.8. The standard InChI is InChI=1S/C8H17NO2/c1-4-5-8(10)9-6-11-7(2)3/h7H,4-6H2,1-3H3,(H,9,10). The van der Waals surface area contributed by atoms with Crippen molar-refractivity contribution in [3.63, 3.8) is 0 Å². The van der Waals surface area contributed by atoms with Crippen LogP contribution in [-0.2, 0) is 9.53 Å². The van der Waals surface area contributed by atoms with Crippen LogP contribution in [-0.4, -0.2) is 18.7 Å². The lowest BCUT2D eigenvalue weighted by Gasteiger charge is -2.07. The van der Waals surface area contributed by atoms with E-state index >= 15 is 0 Å². The topological polar surface area (TPSA) is 38.3 Å². The second-order valence-electron chi connectivity index (χ2n) is 2.71. The van der Waals surface area contributed by atoms with Crippen molar-refractivity contribution in [3.8, 4) is 0 Å². The first-order chi connectivity index (χ1) is 5.16. The van der Waals surface area contributed by atoms with Crippen molar-refractivity contribution >= 4 is 5.91 Å². The first kappa shape index (κ1) is 10.4. The largest absolute Gasteiger partial charge is 0.359 e. The van der Waals surface area contributed by atoms with E-state index < -0.39 is 0 Å². The first-order valence-electron chi connectivity index (χ1n) is 4.05. The Morgan fingerprint density at radius 2 is 2.18 bits per heavy atom. The zero-order chi connectivity index (χ0) is 8.69. The van der Waals surface area contributed by atoms with Crippen molar-refractivity contribution in [1.29, 1.82) is 0 Å². The van der Waals surface area contributed by atoms with Crippen LogP contribution in [0.4, 0.5) is 0 Å². The Morgan fingerprint density at radius 1 is 1.55 bits per heavy atom. The number of rotatable bonds is 5. The molecule has 0 unspecified atom stereocenters. The molecule has 0 aromatic carbocycles. The SMILES string of the molecule is CCCC(=O)NCOC(C)C. The van der Waals surface area contributed by atoms with E-state index in [2.05, 4.69) is 5.32 Å². The Bertz CT molecular complexity index is 113. The lowest BCUT2D eigenvalue weighted by Crippen LogP contribution is -2.27. The van der Waals surface area contributed by atoms with E-state index in [0.717, 1.165) is 6.42 Å². The van der Waals surface area contributed by atoms with Crippen LogP contribution in [0.2, 0.25) is 0 Å². The molecule has 11 heavy (non-hydrogen) atoms. The van der Waals surface area contributed by atoms with Gasteiger partial charge in [-0.1, -0.05) is 6.92 Å². The molecule has 0 saturated heterocycles. The highest BCUT2D eigenvalue weighted by Crippen LogP contribution is 1.87. The zero-order valence-corrected chi connectivity index (χ0v) is 7.52. The molecule has 1 amide bonds. The normalized spacial score (nSPS) is 10.2. The average molecular weight is 159 g/mol. The fourth-order valence-electron chi connectivity index (χ4n) is 0.604. The summed E-state index contributed by atoms with van der Waals surface area (Å²) in [5.41, 5.74) is 0. The predicted octanol–water partition coefficient (Wildman–Crippen LogP) is 1.29. The van der Waals surface area contributed by atoms with Crippen molar-refractivity contribution in [2.75, 3.05) is 6.73 Å². The molecule has 0 aliphatic rings. The molecule has 1 N–H and O–H groups in total. The summed E-state index contributed by atoms with van der Waals surface area (Å²) >= 11 is 0. The number of hydrogen-bond acceptors (Lipinski definition) is 2. The summed E-state index contributed by atoms with van der Waals surface area (Å²) in [5, 5.41) is 2.65. The number of amides is 1. The minimum atomic E-state index is 0.0631. The maximum Gasteiger partial charge on any atom is 0.221 e. The highest BCUT2D eigenvalue weighted by Gasteiger charge is 1.97. The van der Waals surface area contributed by atoms with Gasteiger partial charge in [-0.05, 0) is 20.3 Å². The van der Waals surface area contributed by atoms with Gasteiger partial charge in [0.2, 0.25) is 5.91 Å². The van der Waals surface area contributed by atoms with Gasteiger partial charge in [0.05, 0.1) is 6.10 Å². The monoisotopic (exact) mass is 159 g/mol. The molecule has 3 heteroatoms. The van der Waals surface area contributed by atoms with E-state index in [-0.39, 0.29) is 12.0 Å². The molecule has 0 aliphatic carbocycles. The molecule has 0 heterocycles. The van der Waals surface area contributed by atoms with Crippen molar-refractivity contribution in [2.45, 2.75) is 39.7 Å². The molecule has 3 nitrogen and oxygen atoms in total. The third-order valence-electron chi connectivity index (χ3n) is 1.16. The number of carbonyl (C=O) groups is 1. The zero-order valence-electron chi connectivity index (χ0n) is 7.52. The Balaban J connectivity index is 3.17. The Hall–Kier alpha value is -0.570. The summed E-state index contributed by atoms with van der Waals surface area (Å²) in [6, 6.07) is 0. The molecule has 0 radical (unpaired) electrons. The fourth-order valence-corrected chi connectivity index (χ4v) is 0.604. The van der Waals surface area contributed by atoms with Crippen LogP contribution < -0.4 is 5.32 Å². The summed E-state index contributed by atoms with van der Waals surface area (Å²) in [7, 11) is 0. The van der Waals surface area contributed by atoms with Gasteiger partial charge in [-0.2, -0.15) is 0 Å². The molecule has 0 bridgehead atoms. The molecule has 0 rings (SSSR count). The van der Waals surface area contributed by atoms with E-state index in [1.807, 2.05) is 20.8 Å². The smallest absolute Gasteiger partial charge is 0.221 e. The lowest BCUT2D eigenvalue weighted by atomic mass is 10.3. The van der Waals surface area contributed by atoms with Crippen molar-refractivity contribution in [1.82, 2.24) is 5.32 Å². The van der Waals surface area contributed by atoms with Crippen LogP contribution in [0.25, 0.3) is 0 Å². The van der Waals surface area contributed by atoms with Crippen LogP contribution in [0.5, 0.6) is 0 Å². The minimum Gasteiger partial charge on any atom is -0.359 e. The Labute approximate surface area is 68.1 Å². The molecule has 0 aliphatic heterocycles. The van der Waals surface area contributed by atoms with Crippen molar-refractivity contribution in [3.05, 3.63) is 0 Å². The van der Waals surface area contributed by atoms with Crippen LogP contribution in [0.1, 0.15) is 33.6 Å². The van der Waals surface area contributed by atoms with Gasteiger partial charge >= 0.3 is 0 Å². The Morgan fingerprint density at radius 3 is 2.64 bits per heavy atom. The number of hydrogen-bond donors (Lipinski definition) is 1. The van der Waals surface area contributed by atoms with Crippen LogP contribution in [0.3, 0.4) is 0 Å². The molecule has 0 saturated carbocycles. The molecule has 0 spiro atoms. The van der Waals surface area contributed by atoms with Gasteiger partial charge in [-0.25, -0.2) is 0 Å². The predicted molar refractivity (Wildman–Crippen MR) is 44.1 cm³/mol. The summed E-state index contributed by atoms with van der Waals surface area (Å²) in [6.07, 6.45) is 1.64. The van der Waals surface area contributed by atoms with E-state index in [1.54, 1.807) is 0 Å². The molecule has 66 valence electrons. The minimum absolute atomic E-state index is 0.0631. The van der Waals surface area contributed by atoms with Gasteiger partial charge in [0, 0.05) is 6.42 Å². The Kier molecular flexibility index (Phi) is 5.84. The van der Waals surface area contributed by atoms with E-state index in [1.165, 1.54) is 0 Å². The number of carbonyl (C=O) groups excluding carboxylic acids is 1. The third-order valence-corrected chi connectivity index (χ3v) is 1.16. The maximum atomic E-state index is 10.8. The van der Waals surface area contributed by atoms with Crippen LogP contribution in [0, 0.1) is 0 Å². The lowest BCUT2D eigenvalue weighted by molar-refractivity contribution is -0.123. The maximum absolute atomic E-state index is 10.8. The first-order valence-corrected chi connectivity index (χ1v) is 4.05. The second kappa shape index (κ2) is 6.16. The summed E-state index contributed by atoms with van der Waals surface area (Å²) in [5.74, 6) is 0.0631. The number of ether oxygens (including phenoxy) is 1. The molecule has 0 fully saturated rings.